The summed E-state index contributed by atoms with van der Waals surface area (Å²) in [5, 5.41) is 0. The van der Waals surface area contributed by atoms with Crippen LogP contribution in [0.5, 0.6) is 0 Å². The highest BCUT2D eigenvalue weighted by Crippen LogP contribution is 2.37. The number of aryl methyl sites for hydroxylation is 1. The Morgan fingerprint density at radius 1 is 1.23 bits per heavy atom. The summed E-state index contributed by atoms with van der Waals surface area (Å²) >= 11 is 0. The third kappa shape index (κ3) is 3.50. The van der Waals surface area contributed by atoms with Gasteiger partial charge in [-0.3, -0.25) is 0 Å². The number of hydrogen-bond donors (Lipinski definition) is 0. The van der Waals surface area contributed by atoms with Crippen molar-refractivity contribution in [2.75, 3.05) is 0 Å². The van der Waals surface area contributed by atoms with Crippen molar-refractivity contribution in [1.82, 2.24) is 0 Å². The lowest BCUT2D eigenvalue weighted by Gasteiger charge is -2.30. The molecule has 0 N–H and O–H groups in total. The molecule has 0 bridgehead atoms. The van der Waals surface area contributed by atoms with Gasteiger partial charge in [0.15, 0.2) is 0 Å². The molecule has 2 rings (SSSR count). The predicted molar refractivity (Wildman–Crippen MR) is 97.9 cm³/mol. The van der Waals surface area contributed by atoms with Crippen molar-refractivity contribution < 1.29 is 0 Å². The Morgan fingerprint density at radius 2 is 1.95 bits per heavy atom. The molecule has 1 aromatic rings. The molecule has 0 aromatic heterocycles. The van der Waals surface area contributed by atoms with E-state index in [-0.39, 0.29) is 0 Å². The monoisotopic (exact) mass is 292 g/mol. The van der Waals surface area contributed by atoms with E-state index < -0.39 is 0 Å². The van der Waals surface area contributed by atoms with Crippen LogP contribution in [-0.2, 0) is 6.42 Å². The van der Waals surface area contributed by atoms with E-state index in [0.717, 1.165) is 12.8 Å². The van der Waals surface area contributed by atoms with Crippen molar-refractivity contribution in [1.29, 1.82) is 0 Å². The molecule has 0 amide bonds. The molecule has 0 aliphatic heterocycles. The molecule has 1 aliphatic carbocycles. The van der Waals surface area contributed by atoms with E-state index in [1.807, 2.05) is 6.08 Å². The molecule has 0 fully saturated rings. The summed E-state index contributed by atoms with van der Waals surface area (Å²) in [7, 11) is 0. The van der Waals surface area contributed by atoms with E-state index in [0.29, 0.717) is 11.8 Å². The maximum absolute atomic E-state index is 4.34. The zero-order chi connectivity index (χ0) is 16.1. The molecule has 2 unspecified atom stereocenters. The number of benzene rings is 1. The van der Waals surface area contributed by atoms with E-state index in [2.05, 4.69) is 70.3 Å². The van der Waals surface area contributed by atoms with Crippen molar-refractivity contribution >= 4 is 0 Å². The van der Waals surface area contributed by atoms with Gasteiger partial charge in [0.1, 0.15) is 0 Å². The second-order valence-electron chi connectivity index (χ2n) is 6.36. The van der Waals surface area contributed by atoms with Gasteiger partial charge in [0.25, 0.3) is 0 Å². The van der Waals surface area contributed by atoms with Gasteiger partial charge in [-0.1, -0.05) is 75.9 Å². The highest BCUT2D eigenvalue weighted by atomic mass is 14.3. The molecule has 2 atom stereocenters. The van der Waals surface area contributed by atoms with E-state index in [4.69, 9.17) is 0 Å². The van der Waals surface area contributed by atoms with Gasteiger partial charge in [-0.25, -0.2) is 0 Å². The summed E-state index contributed by atoms with van der Waals surface area (Å²) < 4.78 is 0. The summed E-state index contributed by atoms with van der Waals surface area (Å²) in [5.74, 6) is 1.18. The minimum absolute atomic E-state index is 0.530. The van der Waals surface area contributed by atoms with Gasteiger partial charge in [-0.05, 0) is 59.4 Å². The normalized spacial score (nSPS) is 17.5. The van der Waals surface area contributed by atoms with Crippen molar-refractivity contribution in [3.8, 4) is 0 Å². The number of rotatable bonds is 6. The van der Waals surface area contributed by atoms with Crippen LogP contribution in [0.2, 0.25) is 0 Å². The van der Waals surface area contributed by atoms with Crippen molar-refractivity contribution in [3.05, 3.63) is 83.5 Å². The Morgan fingerprint density at radius 3 is 2.59 bits per heavy atom. The molecule has 1 aromatic carbocycles. The second kappa shape index (κ2) is 7.45. The molecule has 0 heterocycles. The van der Waals surface area contributed by atoms with Crippen LogP contribution in [0.25, 0.3) is 0 Å². The Bertz CT molecular complexity index is 613. The molecule has 1 aliphatic rings. The summed E-state index contributed by atoms with van der Waals surface area (Å²) in [6.45, 7) is 15.1. The van der Waals surface area contributed by atoms with Crippen molar-refractivity contribution in [2.45, 2.75) is 40.0 Å². The Labute approximate surface area is 136 Å². The lowest BCUT2D eigenvalue weighted by molar-refractivity contribution is 0.397. The summed E-state index contributed by atoms with van der Waals surface area (Å²) in [6.07, 6.45) is 9.81. The minimum atomic E-state index is 0.530. The van der Waals surface area contributed by atoms with E-state index in [1.165, 1.54) is 34.3 Å². The average molecular weight is 292 g/mol. The first-order valence-electron chi connectivity index (χ1n) is 8.35. The molecule has 22 heavy (non-hydrogen) atoms. The highest BCUT2D eigenvalue weighted by molar-refractivity contribution is 5.53. The van der Waals surface area contributed by atoms with E-state index in [1.54, 1.807) is 0 Å². The zero-order valence-corrected chi connectivity index (χ0v) is 14.2. The SMILES string of the molecule is C=CC1=CCC=C(C(Cc2ccccc2C)C(C)CC)C1=C. The van der Waals surface area contributed by atoms with Gasteiger partial charge in [0, 0.05) is 0 Å². The lowest BCUT2D eigenvalue weighted by Crippen LogP contribution is -2.20. The smallest absolute Gasteiger partial charge is 0.00929 e. The molecule has 0 spiro atoms. The highest BCUT2D eigenvalue weighted by Gasteiger charge is 2.25. The largest absolute Gasteiger partial charge is 0.0985 e. The maximum Gasteiger partial charge on any atom is -0.00929 e. The fourth-order valence-electron chi connectivity index (χ4n) is 3.29. The van der Waals surface area contributed by atoms with Crippen molar-refractivity contribution in [2.24, 2.45) is 11.8 Å². The first-order valence-corrected chi connectivity index (χ1v) is 8.35. The number of allylic oxidation sites excluding steroid dienone is 6. The molecular weight excluding hydrogens is 264 g/mol. The van der Waals surface area contributed by atoms with Crippen LogP contribution in [0, 0.1) is 18.8 Å². The molecule has 0 heteroatoms. The third-order valence-corrected chi connectivity index (χ3v) is 5.02. The van der Waals surface area contributed by atoms with Crippen LogP contribution in [-0.4, -0.2) is 0 Å². The van der Waals surface area contributed by atoms with Crippen LogP contribution in [0.1, 0.15) is 37.8 Å². The van der Waals surface area contributed by atoms with Crippen LogP contribution >= 0.6 is 0 Å². The molecule has 0 radical (unpaired) electrons. The average Bonchev–Trinajstić information content (AvgIpc) is 2.54. The van der Waals surface area contributed by atoms with Gasteiger partial charge in [0.05, 0.1) is 0 Å². The summed E-state index contributed by atoms with van der Waals surface area (Å²) in [6, 6.07) is 8.74. The molecule has 0 saturated heterocycles. The van der Waals surface area contributed by atoms with Gasteiger partial charge in [-0.2, -0.15) is 0 Å². The van der Waals surface area contributed by atoms with E-state index >= 15 is 0 Å². The first kappa shape index (κ1) is 16.5. The topological polar surface area (TPSA) is 0 Å². The molecule has 116 valence electrons. The Balaban J connectivity index is 2.32. The van der Waals surface area contributed by atoms with Crippen LogP contribution in [0.3, 0.4) is 0 Å². The van der Waals surface area contributed by atoms with Gasteiger partial charge < -0.3 is 0 Å². The quantitative estimate of drug-likeness (QED) is 0.585. The van der Waals surface area contributed by atoms with Crippen LogP contribution in [0.15, 0.2) is 72.4 Å². The Hall–Kier alpha value is -1.82. The fourth-order valence-corrected chi connectivity index (χ4v) is 3.29. The molecule has 0 nitrogen and oxygen atoms in total. The fraction of sp³-hybridized carbons (Fsp3) is 0.364. The summed E-state index contributed by atoms with van der Waals surface area (Å²) in [5.41, 5.74) is 6.64. The maximum atomic E-state index is 4.34. The standard InChI is InChI=1S/C22H28/c1-6-16(3)22(15-20-12-9-8-11-17(20)4)21-14-10-13-19(7-2)18(21)5/h7-9,11-14,16,22H,2,5-6,10,15H2,1,3-4H3. The third-order valence-electron chi connectivity index (χ3n) is 5.02. The first-order chi connectivity index (χ1) is 10.6. The zero-order valence-electron chi connectivity index (χ0n) is 14.2. The van der Waals surface area contributed by atoms with Crippen molar-refractivity contribution in [3.63, 3.8) is 0 Å². The number of hydrogen-bond acceptors (Lipinski definition) is 0. The molecule has 0 saturated carbocycles. The predicted octanol–water partition coefficient (Wildman–Crippen LogP) is 6.20. The Kier molecular flexibility index (Phi) is 5.60. The van der Waals surface area contributed by atoms with Gasteiger partial charge in [0.2, 0.25) is 0 Å². The van der Waals surface area contributed by atoms with Crippen LogP contribution < -0.4 is 0 Å². The second-order valence-corrected chi connectivity index (χ2v) is 6.36. The van der Waals surface area contributed by atoms with Gasteiger partial charge >= 0.3 is 0 Å². The van der Waals surface area contributed by atoms with E-state index in [9.17, 15) is 0 Å². The van der Waals surface area contributed by atoms with Gasteiger partial charge in [-0.15, -0.1) is 0 Å². The van der Waals surface area contributed by atoms with Crippen LogP contribution in [0.4, 0.5) is 0 Å². The molecular formula is C22H28. The summed E-state index contributed by atoms with van der Waals surface area (Å²) in [4.78, 5) is 0. The minimum Gasteiger partial charge on any atom is -0.0985 e. The lowest BCUT2D eigenvalue weighted by atomic mass is 9.75.